The molecule has 1 N–H and O–H groups in total. The van der Waals surface area contributed by atoms with Crippen LogP contribution in [0, 0.1) is 0 Å². The molecule has 0 saturated heterocycles. The Morgan fingerprint density at radius 2 is 0.966 bits per heavy atom. The van der Waals surface area contributed by atoms with Crippen LogP contribution in [0.3, 0.4) is 0 Å². The normalized spacial score (nSPS) is 10.1. The third-order valence-corrected chi connectivity index (χ3v) is 4.55. The van der Waals surface area contributed by atoms with Gasteiger partial charge in [-0.3, -0.25) is 0 Å². The molecule has 3 rings (SSSR count). The van der Waals surface area contributed by atoms with E-state index in [1.54, 1.807) is 72.8 Å². The topological polar surface area (TPSA) is 82.1 Å². The van der Waals surface area contributed by atoms with Crippen molar-refractivity contribution in [1.29, 1.82) is 0 Å². The molecule has 150 valence electrons. The summed E-state index contributed by atoms with van der Waals surface area (Å²) in [6, 6.07) is 26.4. The van der Waals surface area contributed by atoms with Gasteiger partial charge in [0.15, 0.2) is 0 Å². The highest BCUT2D eigenvalue weighted by atomic mass is 31.2. The summed E-state index contributed by atoms with van der Waals surface area (Å²) in [4.78, 5) is 9.60. The van der Waals surface area contributed by atoms with Gasteiger partial charge in [-0.1, -0.05) is 61.2 Å². The Balaban J connectivity index is 0.000000438. The predicted octanol–water partition coefficient (Wildman–Crippen LogP) is 5.98. The van der Waals surface area contributed by atoms with Gasteiger partial charge in [-0.25, -0.2) is 4.79 Å². The SMILES string of the molecule is C=C(C)C(=O)O.O=P(Oc1ccccc1)(Oc1ccccc1)Oc1ccccc1. The average Bonchev–Trinajstić information content (AvgIpc) is 2.70. The first-order valence-electron chi connectivity index (χ1n) is 8.61. The quantitative estimate of drug-likeness (QED) is 0.380. The number of para-hydroxylation sites is 3. The van der Waals surface area contributed by atoms with Crippen molar-refractivity contribution in [2.45, 2.75) is 6.92 Å². The second kappa shape index (κ2) is 10.7. The van der Waals surface area contributed by atoms with Gasteiger partial charge in [0, 0.05) is 5.57 Å². The maximum absolute atomic E-state index is 13.1. The lowest BCUT2D eigenvalue weighted by atomic mass is 10.3. The van der Waals surface area contributed by atoms with Crippen molar-refractivity contribution in [2.24, 2.45) is 0 Å². The van der Waals surface area contributed by atoms with E-state index >= 15 is 0 Å². The number of hydrogen-bond donors (Lipinski definition) is 1. The van der Waals surface area contributed by atoms with Crippen LogP contribution in [0.25, 0.3) is 0 Å². The number of aliphatic carboxylic acids is 1. The van der Waals surface area contributed by atoms with Crippen molar-refractivity contribution in [1.82, 2.24) is 0 Å². The average molecular weight is 412 g/mol. The van der Waals surface area contributed by atoms with Crippen molar-refractivity contribution in [3.8, 4) is 17.2 Å². The lowest BCUT2D eigenvalue weighted by molar-refractivity contribution is -0.132. The highest BCUT2D eigenvalue weighted by molar-refractivity contribution is 7.49. The van der Waals surface area contributed by atoms with Crippen LogP contribution in [-0.2, 0) is 9.36 Å². The molecule has 0 radical (unpaired) electrons. The van der Waals surface area contributed by atoms with Crippen LogP contribution in [0.4, 0.5) is 0 Å². The summed E-state index contributed by atoms with van der Waals surface area (Å²) in [5.74, 6) is 0.281. The molecule has 0 aliphatic carbocycles. The van der Waals surface area contributed by atoms with Crippen LogP contribution in [-0.4, -0.2) is 11.1 Å². The van der Waals surface area contributed by atoms with Crippen LogP contribution in [0.15, 0.2) is 103 Å². The Labute approximate surface area is 169 Å². The van der Waals surface area contributed by atoms with E-state index in [2.05, 4.69) is 6.58 Å². The van der Waals surface area contributed by atoms with Crippen molar-refractivity contribution in [3.05, 3.63) is 103 Å². The minimum absolute atomic E-state index is 0.176. The predicted molar refractivity (Wildman–Crippen MR) is 111 cm³/mol. The van der Waals surface area contributed by atoms with Gasteiger partial charge in [-0.15, -0.1) is 0 Å². The Kier molecular flexibility index (Phi) is 8.07. The van der Waals surface area contributed by atoms with Crippen molar-refractivity contribution < 1.29 is 28.0 Å². The van der Waals surface area contributed by atoms with E-state index < -0.39 is 13.8 Å². The molecule has 0 unspecified atom stereocenters. The van der Waals surface area contributed by atoms with Gasteiger partial charge in [0.25, 0.3) is 0 Å². The maximum atomic E-state index is 13.1. The summed E-state index contributed by atoms with van der Waals surface area (Å²) < 4.78 is 29.6. The van der Waals surface area contributed by atoms with Crippen molar-refractivity contribution in [3.63, 3.8) is 0 Å². The molecule has 0 amide bonds. The van der Waals surface area contributed by atoms with E-state index in [0.717, 1.165) is 0 Å². The molecule has 0 atom stereocenters. The number of benzene rings is 3. The first-order valence-corrected chi connectivity index (χ1v) is 10.1. The molecule has 0 fully saturated rings. The van der Waals surface area contributed by atoms with Crippen molar-refractivity contribution >= 4 is 13.8 Å². The molecule has 0 saturated carbocycles. The number of rotatable bonds is 7. The zero-order valence-electron chi connectivity index (χ0n) is 15.8. The zero-order valence-corrected chi connectivity index (χ0v) is 16.7. The van der Waals surface area contributed by atoms with Crippen LogP contribution >= 0.6 is 7.82 Å². The second-order valence-electron chi connectivity index (χ2n) is 5.75. The highest BCUT2D eigenvalue weighted by Crippen LogP contribution is 2.49. The van der Waals surface area contributed by atoms with Crippen LogP contribution < -0.4 is 13.6 Å². The molecule has 0 aliphatic rings. The Hall–Kier alpha value is -3.50. The molecule has 0 spiro atoms. The second-order valence-corrected chi connectivity index (χ2v) is 7.19. The fourth-order valence-corrected chi connectivity index (χ4v) is 3.14. The molecule has 0 heterocycles. The molecule has 0 aromatic heterocycles. The third-order valence-electron chi connectivity index (χ3n) is 3.25. The minimum Gasteiger partial charge on any atom is -0.478 e. The van der Waals surface area contributed by atoms with Gasteiger partial charge in [-0.2, -0.15) is 4.57 Å². The number of hydrogen-bond acceptors (Lipinski definition) is 5. The van der Waals surface area contributed by atoms with E-state index in [1.165, 1.54) is 6.92 Å². The lowest BCUT2D eigenvalue weighted by Gasteiger charge is -2.19. The third kappa shape index (κ3) is 7.95. The lowest BCUT2D eigenvalue weighted by Crippen LogP contribution is -2.07. The maximum Gasteiger partial charge on any atom is 0.647 e. The number of carboxylic acid groups (broad SMARTS) is 1. The van der Waals surface area contributed by atoms with Gasteiger partial charge in [-0.05, 0) is 43.3 Å². The number of phosphoric ester groups is 1. The van der Waals surface area contributed by atoms with Gasteiger partial charge in [0.2, 0.25) is 0 Å². The monoisotopic (exact) mass is 412 g/mol. The van der Waals surface area contributed by atoms with E-state index in [0.29, 0.717) is 17.2 Å². The summed E-state index contributed by atoms with van der Waals surface area (Å²) in [5, 5.41) is 7.89. The molecule has 3 aromatic rings. The Morgan fingerprint density at radius 3 is 1.17 bits per heavy atom. The fraction of sp³-hybridized carbons (Fsp3) is 0.0455. The minimum atomic E-state index is -3.89. The number of phosphoric acid groups is 1. The molecular weight excluding hydrogens is 391 g/mol. The molecule has 7 heteroatoms. The first kappa shape index (κ1) is 21.8. The molecular formula is C22H21O6P. The van der Waals surface area contributed by atoms with E-state index in [-0.39, 0.29) is 5.57 Å². The molecule has 29 heavy (non-hydrogen) atoms. The smallest absolute Gasteiger partial charge is 0.478 e. The molecule has 0 aliphatic heterocycles. The summed E-state index contributed by atoms with van der Waals surface area (Å²) in [6.45, 7) is 4.60. The highest BCUT2D eigenvalue weighted by Gasteiger charge is 2.33. The van der Waals surface area contributed by atoms with Crippen LogP contribution in [0.2, 0.25) is 0 Å². The van der Waals surface area contributed by atoms with E-state index in [4.69, 9.17) is 18.7 Å². The van der Waals surface area contributed by atoms with Gasteiger partial charge < -0.3 is 18.7 Å². The zero-order chi connectivity index (χ0) is 21.1. The standard InChI is InChI=1S/C18H15O4P.C4H6O2/c19-23(20-16-10-4-1-5-11-16,21-17-12-6-2-7-13-17)22-18-14-8-3-9-15-18;1-3(2)4(5)6/h1-15H;1H2,2H3,(H,5,6). The molecule has 0 bridgehead atoms. The Bertz CT molecular complexity index is 838. The number of carboxylic acids is 1. The largest absolute Gasteiger partial charge is 0.647 e. The van der Waals surface area contributed by atoms with Crippen LogP contribution in [0.1, 0.15) is 6.92 Å². The van der Waals surface area contributed by atoms with Crippen molar-refractivity contribution in [2.75, 3.05) is 0 Å². The van der Waals surface area contributed by atoms with Gasteiger partial charge in [0.05, 0.1) is 0 Å². The first-order chi connectivity index (χ1) is 13.9. The summed E-state index contributed by atoms with van der Waals surface area (Å²) in [6.07, 6.45) is 0. The molecule has 3 aromatic carbocycles. The summed E-state index contributed by atoms with van der Waals surface area (Å²) >= 11 is 0. The molecule has 6 nitrogen and oxygen atoms in total. The van der Waals surface area contributed by atoms with Gasteiger partial charge >= 0.3 is 13.8 Å². The van der Waals surface area contributed by atoms with Crippen LogP contribution in [0.5, 0.6) is 17.2 Å². The fourth-order valence-electron chi connectivity index (χ4n) is 1.89. The van der Waals surface area contributed by atoms with E-state index in [1.807, 2.05) is 18.2 Å². The summed E-state index contributed by atoms with van der Waals surface area (Å²) in [5.41, 5.74) is 0.176. The van der Waals surface area contributed by atoms with Gasteiger partial charge in [0.1, 0.15) is 17.2 Å². The Morgan fingerprint density at radius 1 is 0.724 bits per heavy atom. The summed E-state index contributed by atoms with van der Waals surface area (Å²) in [7, 11) is -3.89. The van der Waals surface area contributed by atoms with E-state index in [9.17, 15) is 9.36 Å². The number of carbonyl (C=O) groups is 1.